The molecule has 1 aliphatic heterocycles. The van der Waals surface area contributed by atoms with Gasteiger partial charge in [-0.25, -0.2) is 0 Å². The lowest BCUT2D eigenvalue weighted by molar-refractivity contribution is -0.124. The highest BCUT2D eigenvalue weighted by Gasteiger charge is 2.23. The van der Waals surface area contributed by atoms with Crippen LogP contribution in [0.2, 0.25) is 5.15 Å². The first kappa shape index (κ1) is 16.7. The van der Waals surface area contributed by atoms with Crippen molar-refractivity contribution < 1.29 is 9.53 Å². The molecule has 124 valence electrons. The number of amides is 1. The van der Waals surface area contributed by atoms with Crippen LogP contribution in [-0.4, -0.2) is 23.0 Å². The Bertz CT molecular complexity index is 781. The van der Waals surface area contributed by atoms with Gasteiger partial charge in [-0.2, -0.15) is 9.64 Å². The number of nitrogens with zero attached hydrogens (tertiary/aromatic N) is 2. The van der Waals surface area contributed by atoms with Gasteiger partial charge in [-0.05, 0) is 42.1 Å². The van der Waals surface area contributed by atoms with E-state index in [1.807, 2.05) is 30.3 Å². The number of carbonyl (C=O) groups is 1. The van der Waals surface area contributed by atoms with Crippen molar-refractivity contribution in [2.75, 3.05) is 17.2 Å². The number of hydrogen-bond acceptors (Lipinski definition) is 6. The molecule has 1 amide bonds. The summed E-state index contributed by atoms with van der Waals surface area (Å²) in [4.78, 5) is 12.1. The molecule has 0 spiro atoms. The largest absolute Gasteiger partial charge is 0.370 e. The van der Waals surface area contributed by atoms with Gasteiger partial charge in [0.15, 0.2) is 5.15 Å². The van der Waals surface area contributed by atoms with Crippen molar-refractivity contribution in [2.45, 2.75) is 25.5 Å². The van der Waals surface area contributed by atoms with Crippen LogP contribution in [0.25, 0.3) is 0 Å². The van der Waals surface area contributed by atoms with Gasteiger partial charge in [0, 0.05) is 18.8 Å². The number of ether oxygens (including phenoxy) is 1. The summed E-state index contributed by atoms with van der Waals surface area (Å²) in [5.41, 5.74) is 2.04. The number of halogens is 1. The van der Waals surface area contributed by atoms with Gasteiger partial charge in [-0.15, -0.1) is 0 Å². The van der Waals surface area contributed by atoms with Gasteiger partial charge in [-0.1, -0.05) is 23.7 Å². The van der Waals surface area contributed by atoms with Gasteiger partial charge in [0.2, 0.25) is 0 Å². The van der Waals surface area contributed by atoms with Crippen molar-refractivity contribution in [1.29, 1.82) is 5.26 Å². The molecule has 0 aliphatic carbocycles. The highest BCUT2D eigenvalue weighted by molar-refractivity contribution is 7.10. The Hall–Kier alpha value is -2.14. The monoisotopic (exact) mass is 362 g/mol. The Morgan fingerprint density at radius 3 is 3.17 bits per heavy atom. The Kier molecular flexibility index (Phi) is 5.30. The number of rotatable bonds is 5. The number of carbonyl (C=O) groups excluding carboxylic acids is 1. The van der Waals surface area contributed by atoms with Gasteiger partial charge in [-0.3, -0.25) is 4.79 Å². The lowest BCUT2D eigenvalue weighted by atomic mass is 10.2. The Morgan fingerprint density at radius 2 is 2.42 bits per heavy atom. The fourth-order valence-corrected chi connectivity index (χ4v) is 3.37. The number of hydrogen-bond donors (Lipinski definition) is 2. The van der Waals surface area contributed by atoms with Crippen molar-refractivity contribution in [3.8, 4) is 6.07 Å². The summed E-state index contributed by atoms with van der Waals surface area (Å²) in [6.07, 6.45) is 1.32. The minimum Gasteiger partial charge on any atom is -0.370 e. The topological polar surface area (TPSA) is 87.0 Å². The van der Waals surface area contributed by atoms with E-state index >= 15 is 0 Å². The normalized spacial score (nSPS) is 16.6. The summed E-state index contributed by atoms with van der Waals surface area (Å²) < 4.78 is 9.33. The van der Waals surface area contributed by atoms with Crippen molar-refractivity contribution >= 4 is 39.7 Å². The Labute approximate surface area is 148 Å². The fraction of sp³-hybridized carbons (Fsp3) is 0.312. The molecule has 3 rings (SSSR count). The molecule has 1 aromatic carbocycles. The summed E-state index contributed by atoms with van der Waals surface area (Å²) in [6.45, 7) is 1.14. The number of nitriles is 1. The van der Waals surface area contributed by atoms with E-state index in [0.29, 0.717) is 23.7 Å². The zero-order valence-corrected chi connectivity index (χ0v) is 14.3. The van der Waals surface area contributed by atoms with Crippen molar-refractivity contribution in [3.63, 3.8) is 0 Å². The van der Waals surface area contributed by atoms with E-state index in [4.69, 9.17) is 21.6 Å². The molecule has 8 heteroatoms. The summed E-state index contributed by atoms with van der Waals surface area (Å²) >= 11 is 7.00. The lowest BCUT2D eigenvalue weighted by Crippen LogP contribution is -2.26. The van der Waals surface area contributed by atoms with Gasteiger partial charge >= 0.3 is 0 Å². The second-order valence-corrected chi connectivity index (χ2v) is 6.47. The third-order valence-electron chi connectivity index (χ3n) is 3.63. The predicted molar refractivity (Wildman–Crippen MR) is 93.2 cm³/mol. The molecule has 24 heavy (non-hydrogen) atoms. The molecule has 1 saturated heterocycles. The molecule has 1 atom stereocenters. The van der Waals surface area contributed by atoms with Gasteiger partial charge < -0.3 is 15.4 Å². The van der Waals surface area contributed by atoms with Crippen LogP contribution in [0, 0.1) is 11.3 Å². The molecule has 1 fully saturated rings. The fourth-order valence-electron chi connectivity index (χ4n) is 2.44. The average Bonchev–Trinajstić information content (AvgIpc) is 3.23. The van der Waals surface area contributed by atoms with Crippen LogP contribution in [0.5, 0.6) is 0 Å². The molecular formula is C16H15ClN4O2S. The molecule has 0 radical (unpaired) electrons. The van der Waals surface area contributed by atoms with E-state index in [9.17, 15) is 4.79 Å². The zero-order valence-electron chi connectivity index (χ0n) is 12.7. The van der Waals surface area contributed by atoms with Crippen molar-refractivity contribution in [1.82, 2.24) is 4.37 Å². The summed E-state index contributed by atoms with van der Waals surface area (Å²) in [6, 6.07) is 9.55. The molecule has 2 heterocycles. The van der Waals surface area contributed by atoms with Crippen LogP contribution in [0.3, 0.4) is 0 Å². The van der Waals surface area contributed by atoms with Crippen LogP contribution in [0.4, 0.5) is 10.7 Å². The standard InChI is InChI=1S/C16H15ClN4O2S/c17-14-12(8-18)16(24-21-14)19-9-10-3-1-4-11(7-10)20-15(22)13-5-2-6-23-13/h1,3-4,7,13,19H,2,5-6,9H2,(H,20,22)/t13-/m0/s1. The summed E-state index contributed by atoms with van der Waals surface area (Å²) in [5, 5.41) is 15.9. The summed E-state index contributed by atoms with van der Waals surface area (Å²) in [7, 11) is 0. The van der Waals surface area contributed by atoms with Gasteiger partial charge in [0.25, 0.3) is 5.91 Å². The molecule has 1 aromatic heterocycles. The minimum atomic E-state index is -0.357. The predicted octanol–water partition coefficient (Wildman–Crippen LogP) is 3.40. The van der Waals surface area contributed by atoms with Gasteiger partial charge in [0.1, 0.15) is 22.7 Å². The first-order valence-corrected chi connectivity index (χ1v) is 8.63. The Morgan fingerprint density at radius 1 is 1.54 bits per heavy atom. The van der Waals surface area contributed by atoms with E-state index in [0.717, 1.165) is 35.6 Å². The highest BCUT2D eigenvalue weighted by Crippen LogP contribution is 2.28. The maximum atomic E-state index is 12.1. The molecular weight excluding hydrogens is 348 g/mol. The van der Waals surface area contributed by atoms with Crippen LogP contribution in [0.15, 0.2) is 24.3 Å². The minimum absolute atomic E-state index is 0.112. The van der Waals surface area contributed by atoms with Crippen molar-refractivity contribution in [2.24, 2.45) is 0 Å². The molecule has 0 saturated carbocycles. The van der Waals surface area contributed by atoms with Crippen LogP contribution < -0.4 is 10.6 Å². The number of nitrogens with one attached hydrogen (secondary N) is 2. The molecule has 1 aliphatic rings. The maximum Gasteiger partial charge on any atom is 0.253 e. The number of aromatic nitrogens is 1. The van der Waals surface area contributed by atoms with E-state index in [1.54, 1.807) is 0 Å². The third-order valence-corrected chi connectivity index (χ3v) is 4.81. The van der Waals surface area contributed by atoms with Crippen LogP contribution in [-0.2, 0) is 16.1 Å². The van der Waals surface area contributed by atoms with E-state index < -0.39 is 0 Å². The zero-order chi connectivity index (χ0) is 16.9. The molecule has 6 nitrogen and oxygen atoms in total. The molecule has 0 bridgehead atoms. The van der Waals surface area contributed by atoms with Gasteiger partial charge in [0.05, 0.1) is 0 Å². The highest BCUT2D eigenvalue weighted by atomic mass is 35.5. The molecule has 2 N–H and O–H groups in total. The average molecular weight is 363 g/mol. The van der Waals surface area contributed by atoms with E-state index in [1.165, 1.54) is 0 Å². The number of anilines is 2. The Balaban J connectivity index is 1.62. The first-order valence-electron chi connectivity index (χ1n) is 7.48. The summed E-state index contributed by atoms with van der Waals surface area (Å²) in [5.74, 6) is -0.112. The van der Waals surface area contributed by atoms with Crippen molar-refractivity contribution in [3.05, 3.63) is 40.5 Å². The van der Waals surface area contributed by atoms with E-state index in [2.05, 4.69) is 15.0 Å². The molecule has 2 aromatic rings. The SMILES string of the molecule is N#Cc1c(Cl)nsc1NCc1cccc(NC(=O)[C@@H]2CCCO2)c1. The molecule has 0 unspecified atom stereocenters. The smallest absolute Gasteiger partial charge is 0.253 e. The first-order chi connectivity index (χ1) is 11.7. The van der Waals surface area contributed by atoms with Crippen LogP contribution >= 0.6 is 23.1 Å². The number of benzene rings is 1. The second-order valence-electron chi connectivity index (χ2n) is 5.33. The van der Waals surface area contributed by atoms with Crippen LogP contribution in [0.1, 0.15) is 24.0 Å². The quantitative estimate of drug-likeness (QED) is 0.851. The lowest BCUT2D eigenvalue weighted by Gasteiger charge is -2.11. The maximum absolute atomic E-state index is 12.1. The van der Waals surface area contributed by atoms with E-state index in [-0.39, 0.29) is 17.2 Å². The third kappa shape index (κ3) is 3.85. The second kappa shape index (κ2) is 7.62.